The second kappa shape index (κ2) is 4.49. The maximum Gasteiger partial charge on any atom is 0.0843 e. The summed E-state index contributed by atoms with van der Waals surface area (Å²) >= 11 is 0. The molecule has 20 heavy (non-hydrogen) atoms. The number of rotatable bonds is 2. The zero-order chi connectivity index (χ0) is 13.9. The molecule has 2 heteroatoms. The van der Waals surface area contributed by atoms with Gasteiger partial charge in [-0.2, -0.15) is 0 Å². The maximum atomic E-state index is 11.0. The summed E-state index contributed by atoms with van der Waals surface area (Å²) in [5.41, 5.74) is 9.05. The van der Waals surface area contributed by atoms with Gasteiger partial charge in [0.15, 0.2) is 0 Å². The van der Waals surface area contributed by atoms with Crippen LogP contribution in [0.4, 0.5) is 5.69 Å². The summed E-state index contributed by atoms with van der Waals surface area (Å²) in [5.74, 6) is 3.83. The summed E-state index contributed by atoms with van der Waals surface area (Å²) in [5, 5.41) is 11.0. The van der Waals surface area contributed by atoms with Crippen LogP contribution in [0.5, 0.6) is 0 Å². The minimum atomic E-state index is -0.357. The van der Waals surface area contributed by atoms with Gasteiger partial charge in [-0.1, -0.05) is 17.7 Å². The van der Waals surface area contributed by atoms with Crippen LogP contribution in [0, 0.1) is 36.5 Å². The van der Waals surface area contributed by atoms with Gasteiger partial charge < -0.3 is 10.8 Å². The van der Waals surface area contributed by atoms with E-state index in [0.29, 0.717) is 5.92 Å². The van der Waals surface area contributed by atoms with E-state index in [9.17, 15) is 5.11 Å². The predicted molar refractivity (Wildman–Crippen MR) is 81.1 cm³/mol. The number of hydrogen-bond donors (Lipinski definition) is 2. The van der Waals surface area contributed by atoms with Gasteiger partial charge in [-0.15, -0.1) is 0 Å². The summed E-state index contributed by atoms with van der Waals surface area (Å²) in [6, 6.07) is 6.07. The molecule has 0 heterocycles. The molecule has 4 fully saturated rings. The third-order valence-electron chi connectivity index (χ3n) is 6.23. The fourth-order valence-corrected chi connectivity index (χ4v) is 5.64. The monoisotopic (exact) mass is 271 g/mol. The Morgan fingerprint density at radius 3 is 2.25 bits per heavy atom. The third kappa shape index (κ3) is 1.88. The van der Waals surface area contributed by atoms with Crippen LogP contribution in [-0.4, -0.2) is 5.11 Å². The van der Waals surface area contributed by atoms with Crippen LogP contribution in [0.3, 0.4) is 0 Å². The molecule has 0 amide bonds. The van der Waals surface area contributed by atoms with Crippen molar-refractivity contribution in [2.75, 3.05) is 5.73 Å². The van der Waals surface area contributed by atoms with Gasteiger partial charge in [-0.3, -0.25) is 0 Å². The Balaban J connectivity index is 1.65. The molecule has 0 radical (unpaired) electrons. The number of anilines is 1. The third-order valence-corrected chi connectivity index (χ3v) is 6.23. The largest absolute Gasteiger partial charge is 0.398 e. The lowest BCUT2D eigenvalue weighted by atomic mass is 9.50. The van der Waals surface area contributed by atoms with Crippen molar-refractivity contribution < 1.29 is 5.11 Å². The molecule has 4 aliphatic rings. The number of aryl methyl sites for hydroxylation is 1. The molecule has 4 bridgehead atoms. The molecule has 2 nitrogen and oxygen atoms in total. The Kier molecular flexibility index (Phi) is 2.85. The fraction of sp³-hybridized carbons (Fsp3) is 0.667. The van der Waals surface area contributed by atoms with Crippen molar-refractivity contribution in [3.63, 3.8) is 0 Å². The number of benzene rings is 1. The molecule has 4 aliphatic carbocycles. The lowest BCUT2D eigenvalue weighted by Gasteiger charge is -2.55. The van der Waals surface area contributed by atoms with Crippen LogP contribution in [0.25, 0.3) is 0 Å². The zero-order valence-electron chi connectivity index (χ0n) is 12.3. The molecule has 5 rings (SSSR count). The van der Waals surface area contributed by atoms with Crippen molar-refractivity contribution >= 4 is 5.69 Å². The smallest absolute Gasteiger partial charge is 0.0843 e. The van der Waals surface area contributed by atoms with Gasteiger partial charge >= 0.3 is 0 Å². The highest BCUT2D eigenvalue weighted by Gasteiger charge is 2.50. The summed E-state index contributed by atoms with van der Waals surface area (Å²) in [6.07, 6.45) is 6.49. The highest BCUT2D eigenvalue weighted by molar-refractivity contribution is 5.50. The molecule has 1 atom stereocenters. The Labute approximate surface area is 121 Å². The first kappa shape index (κ1) is 12.7. The lowest BCUT2D eigenvalue weighted by molar-refractivity contribution is -0.0906. The summed E-state index contributed by atoms with van der Waals surface area (Å²) < 4.78 is 0. The van der Waals surface area contributed by atoms with Crippen LogP contribution in [0.15, 0.2) is 18.2 Å². The van der Waals surface area contributed by atoms with Gasteiger partial charge in [0.1, 0.15) is 0 Å². The van der Waals surface area contributed by atoms with E-state index >= 15 is 0 Å². The van der Waals surface area contributed by atoms with Crippen LogP contribution >= 0.6 is 0 Å². The zero-order valence-corrected chi connectivity index (χ0v) is 12.3. The Hall–Kier alpha value is -1.02. The van der Waals surface area contributed by atoms with Gasteiger partial charge in [0.2, 0.25) is 0 Å². The topological polar surface area (TPSA) is 46.2 Å². The molecular weight excluding hydrogens is 246 g/mol. The molecule has 4 saturated carbocycles. The highest BCUT2D eigenvalue weighted by Crippen LogP contribution is 2.59. The van der Waals surface area contributed by atoms with Crippen molar-refractivity contribution in [2.45, 2.75) is 45.1 Å². The van der Waals surface area contributed by atoms with E-state index in [1.807, 2.05) is 12.1 Å². The quantitative estimate of drug-likeness (QED) is 0.806. The Bertz CT molecular complexity index is 496. The van der Waals surface area contributed by atoms with Crippen molar-refractivity contribution in [2.24, 2.45) is 29.6 Å². The second-order valence-electron chi connectivity index (χ2n) is 7.59. The van der Waals surface area contributed by atoms with Gasteiger partial charge in [-0.25, -0.2) is 0 Å². The summed E-state index contributed by atoms with van der Waals surface area (Å²) in [6.45, 7) is 2.08. The standard InChI is InChI=1S/C18H25NO/c1-10-2-3-16(19)15(4-10)18(20)17-13-6-11-5-12(8-13)9-14(17)7-11/h2-4,11-14,17-18,20H,5-9,19H2,1H3. The van der Waals surface area contributed by atoms with Gasteiger partial charge in [0.25, 0.3) is 0 Å². The van der Waals surface area contributed by atoms with Crippen molar-refractivity contribution in [1.82, 2.24) is 0 Å². The fourth-order valence-electron chi connectivity index (χ4n) is 5.64. The molecule has 3 N–H and O–H groups in total. The first-order chi connectivity index (χ1) is 9.61. The van der Waals surface area contributed by atoms with E-state index in [-0.39, 0.29) is 6.10 Å². The molecule has 0 spiro atoms. The number of hydrogen-bond acceptors (Lipinski definition) is 2. The van der Waals surface area contributed by atoms with Gasteiger partial charge in [0.05, 0.1) is 6.10 Å². The molecule has 1 unspecified atom stereocenters. The number of nitrogens with two attached hydrogens (primary N) is 1. The van der Waals surface area contributed by atoms with Crippen molar-refractivity contribution in [3.05, 3.63) is 29.3 Å². The molecule has 1 aromatic rings. The molecule has 108 valence electrons. The lowest BCUT2D eigenvalue weighted by Crippen LogP contribution is -2.47. The summed E-state index contributed by atoms with van der Waals surface area (Å²) in [7, 11) is 0. The Morgan fingerprint density at radius 1 is 1.05 bits per heavy atom. The maximum absolute atomic E-state index is 11.0. The minimum absolute atomic E-state index is 0.357. The Morgan fingerprint density at radius 2 is 1.65 bits per heavy atom. The minimum Gasteiger partial charge on any atom is -0.398 e. The number of aliphatic hydroxyl groups is 1. The molecular formula is C18H25NO. The van der Waals surface area contributed by atoms with E-state index in [1.54, 1.807) is 0 Å². The van der Waals surface area contributed by atoms with E-state index in [0.717, 1.165) is 34.9 Å². The van der Waals surface area contributed by atoms with Crippen LogP contribution in [0.1, 0.15) is 49.3 Å². The SMILES string of the molecule is Cc1ccc(N)c(C(O)C2C3CC4CC(C3)CC2C4)c1. The van der Waals surface area contributed by atoms with E-state index in [1.165, 1.54) is 37.7 Å². The van der Waals surface area contributed by atoms with Crippen LogP contribution < -0.4 is 5.73 Å². The molecule has 1 aromatic carbocycles. The van der Waals surface area contributed by atoms with Crippen LogP contribution in [-0.2, 0) is 0 Å². The molecule has 0 saturated heterocycles. The average Bonchev–Trinajstić information content (AvgIpc) is 2.40. The number of nitrogen functional groups attached to an aromatic ring is 1. The van der Waals surface area contributed by atoms with E-state index in [2.05, 4.69) is 13.0 Å². The first-order valence-corrected chi connectivity index (χ1v) is 8.16. The van der Waals surface area contributed by atoms with Crippen molar-refractivity contribution in [3.8, 4) is 0 Å². The predicted octanol–water partition coefficient (Wildman–Crippen LogP) is 3.68. The van der Waals surface area contributed by atoms with Gasteiger partial charge in [0, 0.05) is 11.3 Å². The summed E-state index contributed by atoms with van der Waals surface area (Å²) in [4.78, 5) is 0. The molecule has 0 aromatic heterocycles. The van der Waals surface area contributed by atoms with E-state index < -0.39 is 0 Å². The molecule has 0 aliphatic heterocycles. The van der Waals surface area contributed by atoms with Gasteiger partial charge in [-0.05, 0) is 74.7 Å². The highest BCUT2D eigenvalue weighted by atomic mass is 16.3. The normalized spacial score (nSPS) is 40.0. The van der Waals surface area contributed by atoms with Crippen molar-refractivity contribution in [1.29, 1.82) is 0 Å². The first-order valence-electron chi connectivity index (χ1n) is 8.16. The average molecular weight is 271 g/mol. The van der Waals surface area contributed by atoms with Crippen LogP contribution in [0.2, 0.25) is 0 Å². The second-order valence-corrected chi connectivity index (χ2v) is 7.59. The number of aliphatic hydroxyl groups excluding tert-OH is 1. The van der Waals surface area contributed by atoms with E-state index in [4.69, 9.17) is 5.73 Å².